The lowest BCUT2D eigenvalue weighted by atomic mass is 10.0. The second kappa shape index (κ2) is 3.77. The number of nitrogens with one attached hydrogen (secondary N) is 1. The van der Waals surface area contributed by atoms with Gasteiger partial charge in [0, 0.05) is 23.4 Å². The van der Waals surface area contributed by atoms with Gasteiger partial charge in [-0.1, -0.05) is 13.8 Å². The molecule has 0 unspecified atom stereocenters. The van der Waals surface area contributed by atoms with Gasteiger partial charge >= 0.3 is 0 Å². The smallest absolute Gasteiger partial charge is 0.164 e. The molecule has 0 spiro atoms. The largest absolute Gasteiger partial charge is 0.362 e. The normalized spacial score (nSPS) is 10.5. The molecule has 2 nitrogen and oxygen atoms in total. The van der Waals surface area contributed by atoms with E-state index in [2.05, 4.69) is 11.9 Å². The first-order valence-corrected chi connectivity index (χ1v) is 4.83. The van der Waals surface area contributed by atoms with Crippen LogP contribution in [0.15, 0.2) is 0 Å². The Balaban J connectivity index is 3.23. The quantitative estimate of drug-likeness (QED) is 0.711. The van der Waals surface area contributed by atoms with Crippen molar-refractivity contribution < 1.29 is 4.79 Å². The Kier molecular flexibility index (Phi) is 2.91. The van der Waals surface area contributed by atoms with E-state index in [0.29, 0.717) is 6.42 Å². The molecule has 1 aromatic heterocycles. The van der Waals surface area contributed by atoms with E-state index in [-0.39, 0.29) is 5.78 Å². The van der Waals surface area contributed by atoms with Crippen molar-refractivity contribution in [1.29, 1.82) is 0 Å². The summed E-state index contributed by atoms with van der Waals surface area (Å²) in [7, 11) is 0. The number of hydrogen-bond donors (Lipinski definition) is 1. The monoisotopic (exact) mass is 179 g/mol. The van der Waals surface area contributed by atoms with Crippen molar-refractivity contribution in [3.63, 3.8) is 0 Å². The summed E-state index contributed by atoms with van der Waals surface area (Å²) in [5.74, 6) is 0.249. The van der Waals surface area contributed by atoms with Gasteiger partial charge in [-0.25, -0.2) is 0 Å². The standard InChI is InChI=1S/C11H17NO/c1-5-9-11(10(13)6-2)7(3)8(4)12-9/h12H,5-6H2,1-4H3. The Morgan fingerprint density at radius 3 is 2.38 bits per heavy atom. The summed E-state index contributed by atoms with van der Waals surface area (Å²) >= 11 is 0. The Morgan fingerprint density at radius 2 is 1.92 bits per heavy atom. The summed E-state index contributed by atoms with van der Waals surface area (Å²) in [5, 5.41) is 0. The molecular formula is C11H17NO. The summed E-state index contributed by atoms with van der Waals surface area (Å²) in [6.07, 6.45) is 1.49. The van der Waals surface area contributed by atoms with Crippen LogP contribution < -0.4 is 0 Å². The number of Topliss-reactive ketones (excluding diaryl/α,β-unsaturated/α-hetero) is 1. The molecule has 0 aliphatic heterocycles. The maximum Gasteiger partial charge on any atom is 0.164 e. The molecule has 1 heterocycles. The number of H-pyrrole nitrogens is 1. The molecule has 0 aliphatic rings. The van der Waals surface area contributed by atoms with E-state index in [1.54, 1.807) is 0 Å². The molecule has 0 saturated carbocycles. The molecule has 0 amide bonds. The Labute approximate surface area is 79.4 Å². The van der Waals surface area contributed by atoms with Crippen LogP contribution in [-0.2, 0) is 6.42 Å². The molecule has 0 fully saturated rings. The number of aromatic nitrogens is 1. The minimum absolute atomic E-state index is 0.249. The molecule has 72 valence electrons. The average Bonchev–Trinajstić information content (AvgIpc) is 2.42. The molecular weight excluding hydrogens is 162 g/mol. The van der Waals surface area contributed by atoms with Crippen molar-refractivity contribution in [3.8, 4) is 0 Å². The first-order valence-electron chi connectivity index (χ1n) is 4.83. The predicted molar refractivity (Wildman–Crippen MR) is 54.3 cm³/mol. The molecule has 0 radical (unpaired) electrons. The van der Waals surface area contributed by atoms with Crippen molar-refractivity contribution in [3.05, 3.63) is 22.5 Å². The van der Waals surface area contributed by atoms with Gasteiger partial charge in [-0.15, -0.1) is 0 Å². The van der Waals surface area contributed by atoms with Gasteiger partial charge < -0.3 is 4.98 Å². The summed E-state index contributed by atoms with van der Waals surface area (Å²) in [4.78, 5) is 14.9. The highest BCUT2D eigenvalue weighted by molar-refractivity contribution is 5.98. The molecule has 1 aromatic rings. The van der Waals surface area contributed by atoms with E-state index in [0.717, 1.165) is 28.9 Å². The molecule has 1 N–H and O–H groups in total. The first kappa shape index (κ1) is 10.0. The maximum absolute atomic E-state index is 11.6. The van der Waals surface area contributed by atoms with Gasteiger partial charge in [-0.2, -0.15) is 0 Å². The molecule has 0 atom stereocenters. The topological polar surface area (TPSA) is 32.9 Å². The van der Waals surface area contributed by atoms with Crippen LogP contribution in [-0.4, -0.2) is 10.8 Å². The third kappa shape index (κ3) is 1.67. The highest BCUT2D eigenvalue weighted by atomic mass is 16.1. The SMILES string of the molecule is CCC(=O)c1c(CC)[nH]c(C)c1C. The summed E-state index contributed by atoms with van der Waals surface area (Å²) in [6.45, 7) is 8.00. The average molecular weight is 179 g/mol. The van der Waals surface area contributed by atoms with Gasteiger partial charge in [-0.05, 0) is 25.8 Å². The number of rotatable bonds is 3. The van der Waals surface area contributed by atoms with E-state index in [1.807, 2.05) is 20.8 Å². The number of ketones is 1. The zero-order chi connectivity index (χ0) is 10.0. The van der Waals surface area contributed by atoms with E-state index >= 15 is 0 Å². The van der Waals surface area contributed by atoms with Crippen LogP contribution in [0.2, 0.25) is 0 Å². The van der Waals surface area contributed by atoms with E-state index in [4.69, 9.17) is 0 Å². The zero-order valence-corrected chi connectivity index (χ0v) is 8.82. The number of aromatic amines is 1. The minimum Gasteiger partial charge on any atom is -0.362 e. The zero-order valence-electron chi connectivity index (χ0n) is 8.82. The molecule has 0 aromatic carbocycles. The van der Waals surface area contributed by atoms with Crippen molar-refractivity contribution in [2.45, 2.75) is 40.5 Å². The summed E-state index contributed by atoms with van der Waals surface area (Å²) in [6, 6.07) is 0. The van der Waals surface area contributed by atoms with Gasteiger partial charge in [-0.3, -0.25) is 4.79 Å². The molecule has 13 heavy (non-hydrogen) atoms. The lowest BCUT2D eigenvalue weighted by Crippen LogP contribution is -2.01. The maximum atomic E-state index is 11.6. The van der Waals surface area contributed by atoms with E-state index in [9.17, 15) is 4.79 Å². The molecule has 2 heteroatoms. The number of hydrogen-bond acceptors (Lipinski definition) is 1. The van der Waals surface area contributed by atoms with Crippen LogP contribution in [0.1, 0.15) is 47.6 Å². The fourth-order valence-corrected chi connectivity index (χ4v) is 1.62. The Hall–Kier alpha value is -1.05. The van der Waals surface area contributed by atoms with Crippen molar-refractivity contribution in [1.82, 2.24) is 4.98 Å². The van der Waals surface area contributed by atoms with Gasteiger partial charge in [0.15, 0.2) is 5.78 Å². The van der Waals surface area contributed by atoms with Gasteiger partial charge in [0.2, 0.25) is 0 Å². The van der Waals surface area contributed by atoms with Crippen LogP contribution in [0.3, 0.4) is 0 Å². The van der Waals surface area contributed by atoms with Crippen molar-refractivity contribution in [2.75, 3.05) is 0 Å². The second-order valence-corrected chi connectivity index (χ2v) is 3.36. The number of carbonyl (C=O) groups is 1. The third-order valence-electron chi connectivity index (χ3n) is 2.53. The van der Waals surface area contributed by atoms with Crippen molar-refractivity contribution >= 4 is 5.78 Å². The fourth-order valence-electron chi connectivity index (χ4n) is 1.62. The Morgan fingerprint density at radius 1 is 1.31 bits per heavy atom. The summed E-state index contributed by atoms with van der Waals surface area (Å²) in [5.41, 5.74) is 4.24. The lowest BCUT2D eigenvalue weighted by molar-refractivity contribution is 0.0987. The van der Waals surface area contributed by atoms with Crippen molar-refractivity contribution in [2.24, 2.45) is 0 Å². The minimum atomic E-state index is 0.249. The van der Waals surface area contributed by atoms with Crippen LogP contribution in [0.5, 0.6) is 0 Å². The molecule has 1 rings (SSSR count). The van der Waals surface area contributed by atoms with E-state index < -0.39 is 0 Å². The molecule has 0 aliphatic carbocycles. The van der Waals surface area contributed by atoms with Gasteiger partial charge in [0.05, 0.1) is 0 Å². The van der Waals surface area contributed by atoms with Crippen LogP contribution >= 0.6 is 0 Å². The first-order chi connectivity index (χ1) is 6.11. The van der Waals surface area contributed by atoms with E-state index in [1.165, 1.54) is 0 Å². The summed E-state index contributed by atoms with van der Waals surface area (Å²) < 4.78 is 0. The molecule has 0 saturated heterocycles. The highest BCUT2D eigenvalue weighted by Gasteiger charge is 2.15. The van der Waals surface area contributed by atoms with Crippen LogP contribution in [0.25, 0.3) is 0 Å². The second-order valence-electron chi connectivity index (χ2n) is 3.36. The molecule has 0 bridgehead atoms. The third-order valence-corrected chi connectivity index (χ3v) is 2.53. The Bertz CT molecular complexity index is 323. The number of aryl methyl sites for hydroxylation is 2. The van der Waals surface area contributed by atoms with Crippen LogP contribution in [0.4, 0.5) is 0 Å². The predicted octanol–water partition coefficient (Wildman–Crippen LogP) is 2.79. The van der Waals surface area contributed by atoms with Gasteiger partial charge in [0.1, 0.15) is 0 Å². The van der Waals surface area contributed by atoms with Crippen LogP contribution in [0, 0.1) is 13.8 Å². The fraction of sp³-hybridized carbons (Fsp3) is 0.545. The highest BCUT2D eigenvalue weighted by Crippen LogP contribution is 2.19. The van der Waals surface area contributed by atoms with Gasteiger partial charge in [0.25, 0.3) is 0 Å². The number of carbonyl (C=O) groups excluding carboxylic acids is 1. The lowest BCUT2D eigenvalue weighted by Gasteiger charge is -1.99.